The van der Waals surface area contributed by atoms with Crippen molar-refractivity contribution >= 4 is 5.78 Å². The van der Waals surface area contributed by atoms with E-state index in [1.54, 1.807) is 12.7 Å². The molecule has 1 aromatic rings. The Labute approximate surface area is 84.3 Å². The zero-order chi connectivity index (χ0) is 10.2. The summed E-state index contributed by atoms with van der Waals surface area (Å²) < 4.78 is 1.82. The second-order valence-electron chi connectivity index (χ2n) is 3.36. The zero-order valence-electron chi connectivity index (χ0n) is 8.65. The van der Waals surface area contributed by atoms with Gasteiger partial charge >= 0.3 is 0 Å². The molecule has 0 amide bonds. The number of Topliss-reactive ketones (excluding diaryl/α,β-unsaturated/α-hetero) is 1. The minimum absolute atomic E-state index is 0.366. The first-order chi connectivity index (χ1) is 6.83. The van der Waals surface area contributed by atoms with Gasteiger partial charge < -0.3 is 0 Å². The van der Waals surface area contributed by atoms with Crippen molar-refractivity contribution in [3.8, 4) is 0 Å². The van der Waals surface area contributed by atoms with Crippen LogP contribution in [0.4, 0.5) is 0 Å². The van der Waals surface area contributed by atoms with Crippen molar-refractivity contribution in [2.45, 2.75) is 45.6 Å². The van der Waals surface area contributed by atoms with Crippen LogP contribution >= 0.6 is 0 Å². The monoisotopic (exact) mass is 195 g/mol. The number of rotatable bonds is 7. The van der Waals surface area contributed by atoms with Gasteiger partial charge in [0.05, 0.1) is 0 Å². The standard InChI is InChI=1S/C10H17N3O/c1-2-10(14)6-4-3-5-7-13-9-11-8-12-13/h8-9H,2-7H2,1H3. The van der Waals surface area contributed by atoms with Gasteiger partial charge in [-0.15, -0.1) is 0 Å². The molecule has 1 aromatic heterocycles. The third-order valence-electron chi connectivity index (χ3n) is 2.20. The van der Waals surface area contributed by atoms with E-state index in [1.165, 1.54) is 0 Å². The second kappa shape index (κ2) is 6.29. The third-order valence-corrected chi connectivity index (χ3v) is 2.20. The summed E-state index contributed by atoms with van der Waals surface area (Å²) in [5.74, 6) is 0.366. The molecule has 0 unspecified atom stereocenters. The van der Waals surface area contributed by atoms with E-state index in [0.717, 1.165) is 32.2 Å². The van der Waals surface area contributed by atoms with E-state index < -0.39 is 0 Å². The minimum Gasteiger partial charge on any atom is -0.300 e. The highest BCUT2D eigenvalue weighted by molar-refractivity contribution is 5.77. The fourth-order valence-corrected chi connectivity index (χ4v) is 1.30. The van der Waals surface area contributed by atoms with Gasteiger partial charge in [0.2, 0.25) is 0 Å². The summed E-state index contributed by atoms with van der Waals surface area (Å²) in [5, 5.41) is 4.00. The van der Waals surface area contributed by atoms with Crippen molar-refractivity contribution in [3.63, 3.8) is 0 Å². The lowest BCUT2D eigenvalue weighted by Gasteiger charge is -2.00. The van der Waals surface area contributed by atoms with Crippen molar-refractivity contribution in [3.05, 3.63) is 12.7 Å². The molecule has 1 rings (SSSR count). The highest BCUT2D eigenvalue weighted by Crippen LogP contribution is 2.03. The molecule has 0 aliphatic rings. The van der Waals surface area contributed by atoms with Crippen LogP contribution in [0.3, 0.4) is 0 Å². The van der Waals surface area contributed by atoms with E-state index in [-0.39, 0.29) is 0 Å². The molecular formula is C10H17N3O. The largest absolute Gasteiger partial charge is 0.300 e. The Hall–Kier alpha value is -1.19. The highest BCUT2D eigenvalue weighted by Gasteiger charge is 1.97. The molecule has 0 saturated heterocycles. The average Bonchev–Trinajstić information content (AvgIpc) is 2.69. The summed E-state index contributed by atoms with van der Waals surface area (Å²) in [6.45, 7) is 2.82. The number of nitrogens with zero attached hydrogens (tertiary/aromatic N) is 3. The van der Waals surface area contributed by atoms with Crippen molar-refractivity contribution in [2.75, 3.05) is 0 Å². The predicted octanol–water partition coefficient (Wildman–Crippen LogP) is 1.82. The predicted molar refractivity (Wildman–Crippen MR) is 53.8 cm³/mol. The minimum atomic E-state index is 0.366. The molecular weight excluding hydrogens is 178 g/mol. The molecule has 0 fully saturated rings. The summed E-state index contributed by atoms with van der Waals surface area (Å²) in [4.78, 5) is 14.8. The Morgan fingerprint density at radius 1 is 1.36 bits per heavy atom. The van der Waals surface area contributed by atoms with Gasteiger partial charge in [-0.3, -0.25) is 9.48 Å². The zero-order valence-corrected chi connectivity index (χ0v) is 8.65. The number of hydrogen-bond acceptors (Lipinski definition) is 3. The Kier molecular flexibility index (Phi) is 4.89. The fourth-order valence-electron chi connectivity index (χ4n) is 1.30. The Bertz CT molecular complexity index is 256. The van der Waals surface area contributed by atoms with Gasteiger partial charge in [-0.25, -0.2) is 4.98 Å². The van der Waals surface area contributed by atoms with Gasteiger partial charge in [-0.1, -0.05) is 13.3 Å². The molecule has 0 aliphatic heterocycles. The molecule has 0 aliphatic carbocycles. The maximum absolute atomic E-state index is 11.0. The number of aryl methyl sites for hydroxylation is 1. The van der Waals surface area contributed by atoms with Crippen molar-refractivity contribution in [1.82, 2.24) is 14.8 Å². The topological polar surface area (TPSA) is 47.8 Å². The van der Waals surface area contributed by atoms with Crippen molar-refractivity contribution in [1.29, 1.82) is 0 Å². The Morgan fingerprint density at radius 3 is 2.86 bits per heavy atom. The Balaban J connectivity index is 1.97. The number of carbonyl (C=O) groups is 1. The molecule has 78 valence electrons. The molecule has 0 aromatic carbocycles. The van der Waals surface area contributed by atoms with Crippen LogP contribution in [0.2, 0.25) is 0 Å². The maximum Gasteiger partial charge on any atom is 0.137 e. The second-order valence-corrected chi connectivity index (χ2v) is 3.36. The van der Waals surface area contributed by atoms with E-state index in [2.05, 4.69) is 10.1 Å². The molecule has 0 saturated carbocycles. The van der Waals surface area contributed by atoms with Crippen LogP contribution in [-0.4, -0.2) is 20.5 Å². The van der Waals surface area contributed by atoms with Gasteiger partial charge in [-0.05, 0) is 12.8 Å². The lowest BCUT2D eigenvalue weighted by atomic mass is 10.1. The maximum atomic E-state index is 11.0. The molecule has 14 heavy (non-hydrogen) atoms. The molecule has 0 atom stereocenters. The number of hydrogen-bond donors (Lipinski definition) is 0. The molecule has 4 heteroatoms. The normalized spacial score (nSPS) is 10.4. The molecule has 0 bridgehead atoms. The third kappa shape index (κ3) is 4.16. The van der Waals surface area contributed by atoms with E-state index >= 15 is 0 Å². The van der Waals surface area contributed by atoms with E-state index in [1.807, 2.05) is 11.6 Å². The van der Waals surface area contributed by atoms with Crippen LogP contribution in [0.25, 0.3) is 0 Å². The van der Waals surface area contributed by atoms with Crippen LogP contribution in [0.15, 0.2) is 12.7 Å². The molecule has 0 spiro atoms. The van der Waals surface area contributed by atoms with E-state index in [0.29, 0.717) is 12.2 Å². The molecule has 0 N–H and O–H groups in total. The van der Waals surface area contributed by atoms with Crippen LogP contribution in [0.5, 0.6) is 0 Å². The van der Waals surface area contributed by atoms with Crippen LogP contribution in [0, 0.1) is 0 Å². The van der Waals surface area contributed by atoms with Gasteiger partial charge in [0, 0.05) is 19.4 Å². The van der Waals surface area contributed by atoms with Gasteiger partial charge in [0.25, 0.3) is 0 Å². The summed E-state index contributed by atoms with van der Waals surface area (Å²) in [7, 11) is 0. The van der Waals surface area contributed by atoms with Gasteiger partial charge in [-0.2, -0.15) is 5.10 Å². The first-order valence-electron chi connectivity index (χ1n) is 5.17. The van der Waals surface area contributed by atoms with Crippen molar-refractivity contribution in [2.24, 2.45) is 0 Å². The summed E-state index contributed by atoms with van der Waals surface area (Å²) >= 11 is 0. The van der Waals surface area contributed by atoms with Crippen LogP contribution in [0.1, 0.15) is 39.0 Å². The number of unbranched alkanes of at least 4 members (excludes halogenated alkanes) is 2. The highest BCUT2D eigenvalue weighted by atomic mass is 16.1. The smallest absolute Gasteiger partial charge is 0.137 e. The summed E-state index contributed by atoms with van der Waals surface area (Å²) in [6, 6.07) is 0. The first-order valence-corrected chi connectivity index (χ1v) is 5.17. The van der Waals surface area contributed by atoms with E-state index in [9.17, 15) is 4.79 Å². The fraction of sp³-hybridized carbons (Fsp3) is 0.700. The van der Waals surface area contributed by atoms with E-state index in [4.69, 9.17) is 0 Å². The summed E-state index contributed by atoms with van der Waals surface area (Å²) in [6.07, 6.45) is 7.82. The number of aromatic nitrogens is 3. The summed E-state index contributed by atoms with van der Waals surface area (Å²) in [5.41, 5.74) is 0. The lowest BCUT2D eigenvalue weighted by molar-refractivity contribution is -0.118. The molecule has 0 radical (unpaired) electrons. The molecule has 4 nitrogen and oxygen atoms in total. The lowest BCUT2D eigenvalue weighted by Crippen LogP contribution is -1.99. The number of ketones is 1. The SMILES string of the molecule is CCC(=O)CCCCCn1cncn1. The Morgan fingerprint density at radius 2 is 2.21 bits per heavy atom. The van der Waals surface area contributed by atoms with Gasteiger partial charge in [0.1, 0.15) is 18.4 Å². The average molecular weight is 195 g/mol. The van der Waals surface area contributed by atoms with Crippen LogP contribution < -0.4 is 0 Å². The van der Waals surface area contributed by atoms with Crippen LogP contribution in [-0.2, 0) is 11.3 Å². The first kappa shape index (κ1) is 10.9. The van der Waals surface area contributed by atoms with Crippen molar-refractivity contribution < 1.29 is 4.79 Å². The number of carbonyl (C=O) groups excluding carboxylic acids is 1. The quantitative estimate of drug-likeness (QED) is 0.623. The van der Waals surface area contributed by atoms with Gasteiger partial charge in [0.15, 0.2) is 0 Å². The molecule has 1 heterocycles.